The van der Waals surface area contributed by atoms with Crippen molar-refractivity contribution in [2.24, 2.45) is 5.10 Å². The van der Waals surface area contributed by atoms with Crippen molar-refractivity contribution in [1.29, 1.82) is 0 Å². The predicted octanol–water partition coefficient (Wildman–Crippen LogP) is 3.26. The number of nitrogens with zero attached hydrogens (tertiary/aromatic N) is 2. The van der Waals surface area contributed by atoms with Crippen LogP contribution < -0.4 is 5.43 Å². The van der Waals surface area contributed by atoms with Crippen molar-refractivity contribution < 1.29 is 19.8 Å². The number of hydrogen-bond donors (Lipinski definition) is 3. The Morgan fingerprint density at radius 1 is 1.07 bits per heavy atom. The van der Waals surface area contributed by atoms with Gasteiger partial charge in [0.15, 0.2) is 0 Å². The Kier molecular flexibility index (Phi) is 5.26. The zero-order valence-corrected chi connectivity index (χ0v) is 15.4. The normalized spacial score (nSPS) is 10.9. The van der Waals surface area contributed by atoms with Crippen LogP contribution >= 0.6 is 0 Å². The van der Waals surface area contributed by atoms with E-state index in [4.69, 9.17) is 0 Å². The fraction of sp³-hybridized carbons (Fsp3) is 0.0952. The number of rotatable bonds is 5. The third kappa shape index (κ3) is 3.78. The summed E-state index contributed by atoms with van der Waals surface area (Å²) in [6.45, 7) is 3.73. The second-order valence-electron chi connectivity index (χ2n) is 6.23. The summed E-state index contributed by atoms with van der Waals surface area (Å²) in [5.74, 6) is -1.32. The third-order valence-corrected chi connectivity index (χ3v) is 4.34. The number of para-hydroxylation sites is 1. The van der Waals surface area contributed by atoms with E-state index in [-0.39, 0.29) is 11.3 Å². The first kappa shape index (κ1) is 18.9. The van der Waals surface area contributed by atoms with Gasteiger partial charge in [-0.2, -0.15) is 5.10 Å². The molecule has 3 N–H and O–H groups in total. The predicted molar refractivity (Wildman–Crippen MR) is 105 cm³/mol. The topological polar surface area (TPSA) is 104 Å². The maximum Gasteiger partial charge on any atom is 0.337 e. The first-order valence-corrected chi connectivity index (χ1v) is 8.52. The number of aromatic hydroxyl groups is 1. The van der Waals surface area contributed by atoms with Crippen LogP contribution in [-0.2, 0) is 0 Å². The van der Waals surface area contributed by atoms with E-state index in [1.807, 2.05) is 24.5 Å². The molecule has 0 bridgehead atoms. The van der Waals surface area contributed by atoms with Crippen molar-refractivity contribution in [3.8, 4) is 11.4 Å². The first-order valence-electron chi connectivity index (χ1n) is 8.52. The maximum absolute atomic E-state index is 12.1. The number of benzene rings is 2. The minimum absolute atomic E-state index is 0.0779. The smallest absolute Gasteiger partial charge is 0.337 e. The number of phenols is 1. The number of aromatic nitrogens is 1. The lowest BCUT2D eigenvalue weighted by atomic mass is 10.1. The number of carbonyl (C=O) groups excluding carboxylic acids is 1. The average Bonchev–Trinajstić information content (AvgIpc) is 2.95. The number of aromatic carboxylic acids is 1. The number of carboxylic acid groups (broad SMARTS) is 1. The zero-order chi connectivity index (χ0) is 20.3. The van der Waals surface area contributed by atoms with Gasteiger partial charge in [0.1, 0.15) is 5.75 Å². The Hall–Kier alpha value is -3.87. The molecule has 1 amide bonds. The van der Waals surface area contributed by atoms with E-state index in [2.05, 4.69) is 10.5 Å². The van der Waals surface area contributed by atoms with Crippen LogP contribution in [0.4, 0.5) is 0 Å². The van der Waals surface area contributed by atoms with Crippen molar-refractivity contribution >= 4 is 18.1 Å². The van der Waals surface area contributed by atoms with Crippen LogP contribution in [0, 0.1) is 13.8 Å². The van der Waals surface area contributed by atoms with E-state index >= 15 is 0 Å². The molecule has 7 heteroatoms. The number of carbonyl (C=O) groups is 2. The second-order valence-corrected chi connectivity index (χ2v) is 6.23. The molecular formula is C21H19N3O4. The molecule has 142 valence electrons. The van der Waals surface area contributed by atoms with Crippen LogP contribution in [0.1, 0.15) is 37.7 Å². The SMILES string of the molecule is Cc1cc(/C=N\NC(=O)c2ccc(O)cc2)c(C)n1-c1ccccc1C(=O)O. The lowest BCUT2D eigenvalue weighted by Gasteiger charge is -2.12. The van der Waals surface area contributed by atoms with Crippen LogP contribution in [0.2, 0.25) is 0 Å². The molecule has 0 aliphatic heterocycles. The molecular weight excluding hydrogens is 358 g/mol. The molecule has 0 atom stereocenters. The number of phenolic OH excluding ortho intramolecular Hbond substituents is 1. The molecule has 0 aliphatic rings. The molecule has 28 heavy (non-hydrogen) atoms. The van der Waals surface area contributed by atoms with Crippen LogP contribution in [0.5, 0.6) is 5.75 Å². The lowest BCUT2D eigenvalue weighted by molar-refractivity contribution is 0.0696. The quantitative estimate of drug-likeness (QED) is 0.469. The molecule has 3 aromatic rings. The van der Waals surface area contributed by atoms with Crippen LogP contribution in [0.15, 0.2) is 59.7 Å². The highest BCUT2D eigenvalue weighted by atomic mass is 16.4. The zero-order valence-electron chi connectivity index (χ0n) is 15.4. The summed E-state index contributed by atoms with van der Waals surface area (Å²) in [5.41, 5.74) is 5.98. The Labute approximate surface area is 161 Å². The maximum atomic E-state index is 12.1. The second kappa shape index (κ2) is 7.79. The van der Waals surface area contributed by atoms with Crippen molar-refractivity contribution in [1.82, 2.24) is 9.99 Å². The molecule has 0 radical (unpaired) electrons. The largest absolute Gasteiger partial charge is 0.508 e. The summed E-state index contributed by atoms with van der Waals surface area (Å²) in [4.78, 5) is 23.6. The van der Waals surface area contributed by atoms with Crippen molar-refractivity contribution in [3.63, 3.8) is 0 Å². The van der Waals surface area contributed by atoms with Gasteiger partial charge in [0.25, 0.3) is 5.91 Å². The van der Waals surface area contributed by atoms with Crippen molar-refractivity contribution in [2.75, 3.05) is 0 Å². The minimum atomic E-state index is -1.00. The Morgan fingerprint density at radius 2 is 1.75 bits per heavy atom. The molecule has 1 heterocycles. The average molecular weight is 377 g/mol. The Bertz CT molecular complexity index is 1070. The number of hydrogen-bond acceptors (Lipinski definition) is 4. The number of hydrazone groups is 1. The number of carboxylic acids is 1. The molecule has 0 fully saturated rings. The standard InChI is InChI=1S/C21H19N3O4/c1-13-11-16(12-22-23-20(26)15-7-9-17(25)10-8-15)14(2)24(13)19-6-4-3-5-18(19)21(27)28/h3-12,25H,1-2H3,(H,23,26)(H,27,28)/b22-12-. The molecule has 0 aliphatic carbocycles. The van der Waals surface area contributed by atoms with Gasteiger partial charge in [0, 0.05) is 22.5 Å². The fourth-order valence-electron chi connectivity index (χ4n) is 2.98. The van der Waals surface area contributed by atoms with Gasteiger partial charge >= 0.3 is 5.97 Å². The summed E-state index contributed by atoms with van der Waals surface area (Å²) >= 11 is 0. The van der Waals surface area contributed by atoms with Gasteiger partial charge < -0.3 is 14.8 Å². The monoisotopic (exact) mass is 377 g/mol. The molecule has 2 aromatic carbocycles. The van der Waals surface area contributed by atoms with E-state index in [0.29, 0.717) is 11.3 Å². The van der Waals surface area contributed by atoms with Gasteiger partial charge in [-0.3, -0.25) is 4.79 Å². The van der Waals surface area contributed by atoms with Crippen LogP contribution in [0.3, 0.4) is 0 Å². The van der Waals surface area contributed by atoms with Crippen molar-refractivity contribution in [3.05, 3.63) is 82.7 Å². The van der Waals surface area contributed by atoms with E-state index in [0.717, 1.165) is 17.0 Å². The first-order chi connectivity index (χ1) is 13.4. The molecule has 3 rings (SSSR count). The van der Waals surface area contributed by atoms with Gasteiger partial charge in [0.2, 0.25) is 0 Å². The van der Waals surface area contributed by atoms with Gasteiger partial charge in [-0.15, -0.1) is 0 Å². The van der Waals surface area contributed by atoms with Crippen LogP contribution in [-0.4, -0.2) is 32.9 Å². The fourth-order valence-corrected chi connectivity index (χ4v) is 2.98. The highest BCUT2D eigenvalue weighted by Gasteiger charge is 2.16. The highest BCUT2D eigenvalue weighted by Crippen LogP contribution is 2.23. The third-order valence-electron chi connectivity index (χ3n) is 4.34. The summed E-state index contributed by atoms with van der Waals surface area (Å²) in [6.07, 6.45) is 1.51. The van der Waals surface area contributed by atoms with Gasteiger partial charge in [-0.25, -0.2) is 10.2 Å². The lowest BCUT2D eigenvalue weighted by Crippen LogP contribution is -2.17. The highest BCUT2D eigenvalue weighted by molar-refractivity contribution is 5.95. The van der Waals surface area contributed by atoms with E-state index in [1.54, 1.807) is 24.3 Å². The Balaban J connectivity index is 1.84. The molecule has 0 saturated carbocycles. The van der Waals surface area contributed by atoms with Gasteiger partial charge in [0.05, 0.1) is 17.5 Å². The van der Waals surface area contributed by atoms with Crippen molar-refractivity contribution in [2.45, 2.75) is 13.8 Å². The number of aryl methyl sites for hydroxylation is 1. The molecule has 0 saturated heterocycles. The summed E-state index contributed by atoms with van der Waals surface area (Å²) < 4.78 is 1.84. The number of amides is 1. The molecule has 1 aromatic heterocycles. The molecule has 0 spiro atoms. The summed E-state index contributed by atoms with van der Waals surface area (Å²) in [6, 6.07) is 14.5. The van der Waals surface area contributed by atoms with Gasteiger partial charge in [-0.05, 0) is 56.3 Å². The Morgan fingerprint density at radius 3 is 2.43 bits per heavy atom. The van der Waals surface area contributed by atoms with E-state index in [1.165, 1.54) is 30.5 Å². The number of nitrogens with one attached hydrogen (secondary N) is 1. The molecule has 0 unspecified atom stereocenters. The summed E-state index contributed by atoms with van der Waals surface area (Å²) in [7, 11) is 0. The minimum Gasteiger partial charge on any atom is -0.508 e. The summed E-state index contributed by atoms with van der Waals surface area (Å²) in [5, 5.41) is 22.7. The van der Waals surface area contributed by atoms with E-state index in [9.17, 15) is 19.8 Å². The molecule has 7 nitrogen and oxygen atoms in total. The van der Waals surface area contributed by atoms with Gasteiger partial charge in [-0.1, -0.05) is 12.1 Å². The van der Waals surface area contributed by atoms with Crippen LogP contribution in [0.25, 0.3) is 5.69 Å². The van der Waals surface area contributed by atoms with E-state index < -0.39 is 11.9 Å².